The molecule has 2 N–H and O–H groups in total. The number of aromatic carboxylic acids is 1. The van der Waals surface area contributed by atoms with E-state index in [0.717, 1.165) is 47.7 Å². The third kappa shape index (κ3) is 5.59. The van der Waals surface area contributed by atoms with Crippen molar-refractivity contribution >= 4 is 50.0 Å². The van der Waals surface area contributed by atoms with Gasteiger partial charge in [-0.1, -0.05) is 31.1 Å². The maximum Gasteiger partial charge on any atom is 0.417 e. The van der Waals surface area contributed by atoms with Gasteiger partial charge in [-0.25, -0.2) is 18.0 Å². The van der Waals surface area contributed by atoms with E-state index < -0.39 is 40.2 Å². The van der Waals surface area contributed by atoms with E-state index in [2.05, 4.69) is 16.8 Å². The maximum absolute atomic E-state index is 13.8. The number of carboxylic acids is 1. The lowest BCUT2D eigenvalue weighted by Crippen LogP contribution is -2.60. The first kappa shape index (κ1) is 28.1. The van der Waals surface area contributed by atoms with Gasteiger partial charge in [0.1, 0.15) is 4.88 Å². The summed E-state index contributed by atoms with van der Waals surface area (Å²) in [7, 11) is -4.11. The Balaban J connectivity index is 1.54. The second-order valence-electron chi connectivity index (χ2n) is 11.3. The standard InChI is InChI=1S/C28H31N3O7S2/c1-28(2,3)12-11-18-13-21(25(39-18)26(33)34)31-22(17-7-5-4-6-8-17)15-30(16-24(31)32)40(36,37)19-9-10-23-20(14-19)29-27(35)38-23/h9-10,13-14,17,22H,4-8,15-16H2,1-3H3,(H,29,35)(H,33,34)/t22-/m0/s1. The molecule has 12 heteroatoms. The summed E-state index contributed by atoms with van der Waals surface area (Å²) in [5.41, 5.74) is 0.452. The largest absolute Gasteiger partial charge is 0.477 e. The number of aromatic nitrogens is 1. The van der Waals surface area contributed by atoms with E-state index in [-0.39, 0.29) is 44.4 Å². The Kier molecular flexibility index (Phi) is 7.41. The number of H-pyrrole nitrogens is 1. The first-order valence-electron chi connectivity index (χ1n) is 13.2. The molecular formula is C28H31N3O7S2. The van der Waals surface area contributed by atoms with Crippen molar-refractivity contribution in [2.24, 2.45) is 11.3 Å². The maximum atomic E-state index is 13.8. The average Bonchev–Trinajstić information content (AvgIpc) is 3.49. The number of thiophene rings is 1. The predicted molar refractivity (Wildman–Crippen MR) is 151 cm³/mol. The van der Waals surface area contributed by atoms with Gasteiger partial charge in [0, 0.05) is 12.0 Å². The molecule has 1 atom stereocenters. The monoisotopic (exact) mass is 585 g/mol. The zero-order valence-corrected chi connectivity index (χ0v) is 24.2. The highest BCUT2D eigenvalue weighted by atomic mass is 32.2. The molecule has 10 nitrogen and oxygen atoms in total. The van der Waals surface area contributed by atoms with E-state index in [1.807, 2.05) is 20.8 Å². The number of sulfonamides is 1. The number of aromatic amines is 1. The number of anilines is 1. The number of fused-ring (bicyclic) bond motifs is 1. The average molecular weight is 586 g/mol. The number of oxazole rings is 1. The van der Waals surface area contributed by atoms with E-state index in [0.29, 0.717) is 4.88 Å². The summed E-state index contributed by atoms with van der Waals surface area (Å²) in [4.78, 5) is 42.1. The van der Waals surface area contributed by atoms with E-state index in [9.17, 15) is 27.9 Å². The molecule has 1 saturated carbocycles. The highest BCUT2D eigenvalue weighted by Gasteiger charge is 2.44. The van der Waals surface area contributed by atoms with Crippen molar-refractivity contribution in [3.8, 4) is 11.8 Å². The number of piperazine rings is 1. The molecule has 2 fully saturated rings. The number of carbonyl (C=O) groups is 2. The molecule has 212 valence electrons. The molecule has 1 amide bonds. The minimum Gasteiger partial charge on any atom is -0.477 e. The van der Waals surface area contributed by atoms with Gasteiger partial charge in [-0.3, -0.25) is 9.78 Å². The summed E-state index contributed by atoms with van der Waals surface area (Å²) in [6, 6.07) is 5.19. The summed E-state index contributed by atoms with van der Waals surface area (Å²) in [5, 5.41) is 10.0. The van der Waals surface area contributed by atoms with E-state index in [1.54, 1.807) is 6.07 Å². The van der Waals surface area contributed by atoms with Gasteiger partial charge in [-0.15, -0.1) is 11.3 Å². The minimum absolute atomic E-state index is 0.00839. The quantitative estimate of drug-likeness (QED) is 0.426. The number of hydrogen-bond donors (Lipinski definition) is 2. The summed E-state index contributed by atoms with van der Waals surface area (Å²) >= 11 is 1.02. The van der Waals surface area contributed by atoms with Crippen molar-refractivity contribution in [1.29, 1.82) is 0 Å². The summed E-state index contributed by atoms with van der Waals surface area (Å²) in [6.07, 6.45) is 4.60. The van der Waals surface area contributed by atoms with Gasteiger partial charge in [0.05, 0.1) is 33.6 Å². The SMILES string of the molecule is CC(C)(C)C#Cc1cc(N2C(=O)CN(S(=O)(=O)c3ccc4oc(=O)[nH]c4c3)C[C@H]2C2CCCCC2)c(C(=O)O)s1. The number of benzene rings is 1. The molecular weight excluding hydrogens is 554 g/mol. The van der Waals surface area contributed by atoms with Crippen molar-refractivity contribution in [1.82, 2.24) is 9.29 Å². The Morgan fingerprint density at radius 3 is 2.55 bits per heavy atom. The number of carbonyl (C=O) groups excluding carboxylic acids is 1. The van der Waals surface area contributed by atoms with Crippen molar-refractivity contribution in [2.75, 3.05) is 18.0 Å². The Morgan fingerprint density at radius 2 is 1.88 bits per heavy atom. The van der Waals surface area contributed by atoms with Crippen molar-refractivity contribution in [2.45, 2.75) is 63.8 Å². The fourth-order valence-corrected chi connectivity index (χ4v) is 7.68. The first-order valence-corrected chi connectivity index (χ1v) is 15.4. The number of carboxylic acid groups (broad SMARTS) is 1. The molecule has 1 saturated heterocycles. The molecule has 3 aromatic rings. The second-order valence-corrected chi connectivity index (χ2v) is 14.3. The lowest BCUT2D eigenvalue weighted by Gasteiger charge is -2.44. The van der Waals surface area contributed by atoms with Crippen molar-refractivity contribution in [3.05, 3.63) is 44.6 Å². The van der Waals surface area contributed by atoms with Crippen LogP contribution in [-0.2, 0) is 14.8 Å². The lowest BCUT2D eigenvalue weighted by molar-refractivity contribution is -0.121. The minimum atomic E-state index is -4.11. The molecule has 2 aromatic heterocycles. The molecule has 0 radical (unpaired) electrons. The Morgan fingerprint density at radius 1 is 1.15 bits per heavy atom. The van der Waals surface area contributed by atoms with Crippen LogP contribution in [0.1, 0.15) is 67.4 Å². The zero-order chi connectivity index (χ0) is 28.8. The normalized spacial score (nSPS) is 19.5. The van der Waals surface area contributed by atoms with Gasteiger partial charge < -0.3 is 14.4 Å². The Bertz CT molecular complexity index is 1690. The molecule has 0 bridgehead atoms. The van der Waals surface area contributed by atoms with Gasteiger partial charge in [0.15, 0.2) is 5.58 Å². The van der Waals surface area contributed by atoms with Crippen LogP contribution in [0, 0.1) is 23.2 Å². The van der Waals surface area contributed by atoms with Crippen LogP contribution in [0.25, 0.3) is 11.1 Å². The zero-order valence-electron chi connectivity index (χ0n) is 22.5. The van der Waals surface area contributed by atoms with Crippen LogP contribution in [-0.4, -0.2) is 53.8 Å². The molecule has 1 aliphatic carbocycles. The van der Waals surface area contributed by atoms with Crippen LogP contribution in [0.5, 0.6) is 0 Å². The summed E-state index contributed by atoms with van der Waals surface area (Å²) < 4.78 is 33.6. The lowest BCUT2D eigenvalue weighted by atomic mass is 9.82. The smallest absolute Gasteiger partial charge is 0.417 e. The van der Waals surface area contributed by atoms with Crippen molar-refractivity contribution in [3.63, 3.8) is 0 Å². The number of amides is 1. The van der Waals surface area contributed by atoms with Crippen LogP contribution < -0.4 is 10.7 Å². The van der Waals surface area contributed by atoms with Gasteiger partial charge in [-0.05, 0) is 63.8 Å². The van der Waals surface area contributed by atoms with E-state index in [1.165, 1.54) is 23.1 Å². The van der Waals surface area contributed by atoms with Crippen molar-refractivity contribution < 1.29 is 27.5 Å². The molecule has 0 unspecified atom stereocenters. The van der Waals surface area contributed by atoms with Crippen LogP contribution in [0.4, 0.5) is 5.69 Å². The highest BCUT2D eigenvalue weighted by Crippen LogP contribution is 2.39. The number of rotatable bonds is 5. The molecule has 3 heterocycles. The first-order chi connectivity index (χ1) is 18.8. The number of nitrogens with zero attached hydrogens (tertiary/aromatic N) is 2. The van der Waals surface area contributed by atoms with Gasteiger partial charge in [0.2, 0.25) is 15.9 Å². The molecule has 40 heavy (non-hydrogen) atoms. The van der Waals surface area contributed by atoms with Gasteiger partial charge >= 0.3 is 11.7 Å². The van der Waals surface area contributed by atoms with E-state index >= 15 is 0 Å². The Labute approximate surface area is 236 Å². The topological polar surface area (TPSA) is 141 Å². The number of hydrogen-bond acceptors (Lipinski definition) is 7. The van der Waals surface area contributed by atoms with Crippen LogP contribution >= 0.6 is 11.3 Å². The predicted octanol–water partition coefficient (Wildman–Crippen LogP) is 4.26. The van der Waals surface area contributed by atoms with Gasteiger partial charge in [0.25, 0.3) is 0 Å². The fraction of sp³-hybridized carbons (Fsp3) is 0.464. The molecule has 0 spiro atoms. The third-order valence-corrected chi connectivity index (χ3v) is 10.1. The molecule has 1 aliphatic heterocycles. The Hall–Kier alpha value is -3.40. The van der Waals surface area contributed by atoms with Crippen LogP contribution in [0.15, 0.2) is 38.4 Å². The summed E-state index contributed by atoms with van der Waals surface area (Å²) in [6.45, 7) is 5.45. The van der Waals surface area contributed by atoms with Gasteiger partial charge in [-0.2, -0.15) is 4.31 Å². The molecule has 1 aromatic carbocycles. The highest BCUT2D eigenvalue weighted by molar-refractivity contribution is 7.89. The fourth-order valence-electron chi connectivity index (χ4n) is 5.41. The molecule has 2 aliphatic rings. The van der Waals surface area contributed by atoms with Crippen LogP contribution in [0.2, 0.25) is 0 Å². The number of nitrogens with one attached hydrogen (secondary N) is 1. The van der Waals surface area contributed by atoms with E-state index in [4.69, 9.17) is 4.42 Å². The second kappa shape index (κ2) is 10.5. The van der Waals surface area contributed by atoms with Crippen LogP contribution in [0.3, 0.4) is 0 Å². The third-order valence-electron chi connectivity index (χ3n) is 7.25. The molecule has 5 rings (SSSR count). The summed E-state index contributed by atoms with van der Waals surface area (Å²) in [5.74, 6) is 3.83.